The van der Waals surface area contributed by atoms with Gasteiger partial charge in [0.25, 0.3) is 0 Å². The number of rotatable bonds is 4. The fraction of sp³-hybridized carbons (Fsp3) is 0.333. The van der Waals surface area contributed by atoms with Crippen molar-refractivity contribution in [3.05, 3.63) is 95.1 Å². The molecule has 0 saturated carbocycles. The number of ether oxygens (including phenoxy) is 2. The van der Waals surface area contributed by atoms with Gasteiger partial charge in [-0.05, 0) is 46.7 Å². The van der Waals surface area contributed by atoms with E-state index >= 15 is 0 Å². The van der Waals surface area contributed by atoms with E-state index in [2.05, 4.69) is 30.3 Å². The highest BCUT2D eigenvalue weighted by atomic mass is 16.6. The van der Waals surface area contributed by atoms with Crippen molar-refractivity contribution in [3.63, 3.8) is 0 Å². The van der Waals surface area contributed by atoms with Gasteiger partial charge in [0.2, 0.25) is 0 Å². The molecular weight excluding hydrogens is 452 g/mol. The molecule has 2 aliphatic heterocycles. The summed E-state index contributed by atoms with van der Waals surface area (Å²) in [5.74, 6) is 0.00152. The lowest BCUT2D eigenvalue weighted by Crippen LogP contribution is -2.64. The zero-order chi connectivity index (χ0) is 24.7. The number of hydrogen-bond acceptors (Lipinski definition) is 5. The molecule has 6 nitrogen and oxygen atoms in total. The Morgan fingerprint density at radius 2 is 1.56 bits per heavy atom. The van der Waals surface area contributed by atoms with Crippen LogP contribution in [0.3, 0.4) is 0 Å². The number of benzene rings is 3. The van der Waals surface area contributed by atoms with Crippen molar-refractivity contribution in [1.82, 2.24) is 4.90 Å². The first kappa shape index (κ1) is 22.8. The maximum absolute atomic E-state index is 13.4. The lowest BCUT2D eigenvalue weighted by atomic mass is 9.77. The third-order valence-corrected chi connectivity index (χ3v) is 7.84. The molecule has 0 spiro atoms. The Bertz CT molecular complexity index is 1290. The highest BCUT2D eigenvalue weighted by Crippen LogP contribution is 2.45. The van der Waals surface area contributed by atoms with Crippen LogP contribution < -0.4 is 0 Å². The van der Waals surface area contributed by atoms with Crippen LogP contribution in [0.4, 0.5) is 4.79 Å². The average molecular weight is 481 g/mol. The molecule has 1 N–H and O–H groups in total. The van der Waals surface area contributed by atoms with Gasteiger partial charge in [0, 0.05) is 12.3 Å². The first-order chi connectivity index (χ1) is 17.6. The number of nitrogens with zero attached hydrogens (tertiary/aromatic N) is 2. The average Bonchev–Trinajstić information content (AvgIpc) is 3.20. The number of morpholine rings is 1. The SMILES string of the molecule is N#Cc1ccccc1CC1(O)CC2COCC(C1)N2C(=O)OCC1c2ccccc2-c2ccccc21. The number of fused-ring (bicyclic) bond motifs is 5. The molecule has 2 atom stereocenters. The third-order valence-electron chi connectivity index (χ3n) is 7.84. The number of hydrogen-bond donors (Lipinski definition) is 1. The number of aliphatic hydroxyl groups is 1. The minimum Gasteiger partial charge on any atom is -0.448 e. The van der Waals surface area contributed by atoms with Crippen molar-refractivity contribution in [3.8, 4) is 17.2 Å². The third kappa shape index (κ3) is 3.95. The summed E-state index contributed by atoms with van der Waals surface area (Å²) in [4.78, 5) is 15.2. The molecule has 6 rings (SSSR count). The maximum atomic E-state index is 13.4. The van der Waals surface area contributed by atoms with Crippen LogP contribution in [0.25, 0.3) is 11.1 Å². The van der Waals surface area contributed by atoms with E-state index in [0.29, 0.717) is 38.0 Å². The molecule has 2 heterocycles. The van der Waals surface area contributed by atoms with Gasteiger partial charge in [0.15, 0.2) is 0 Å². The molecule has 0 radical (unpaired) electrons. The molecule has 6 heteroatoms. The van der Waals surface area contributed by atoms with Gasteiger partial charge in [-0.1, -0.05) is 66.7 Å². The van der Waals surface area contributed by atoms with Crippen LogP contribution in [0.2, 0.25) is 0 Å². The summed E-state index contributed by atoms with van der Waals surface area (Å²) >= 11 is 0. The summed E-state index contributed by atoms with van der Waals surface area (Å²) in [6, 6.07) is 25.6. The van der Waals surface area contributed by atoms with Crippen LogP contribution in [0.5, 0.6) is 0 Å². The Morgan fingerprint density at radius 1 is 0.972 bits per heavy atom. The summed E-state index contributed by atoms with van der Waals surface area (Å²) in [7, 11) is 0. The normalized spacial score (nSPS) is 24.5. The molecule has 1 amide bonds. The fourth-order valence-electron chi connectivity index (χ4n) is 6.32. The van der Waals surface area contributed by atoms with Gasteiger partial charge >= 0.3 is 6.09 Å². The summed E-state index contributed by atoms with van der Waals surface area (Å²) in [6.45, 7) is 0.995. The van der Waals surface area contributed by atoms with Gasteiger partial charge in [-0.25, -0.2) is 4.79 Å². The van der Waals surface area contributed by atoms with Crippen LogP contribution in [0.15, 0.2) is 72.8 Å². The van der Waals surface area contributed by atoms with Crippen LogP contribution >= 0.6 is 0 Å². The second-order valence-electron chi connectivity index (χ2n) is 10.1. The smallest absolute Gasteiger partial charge is 0.410 e. The second kappa shape index (κ2) is 9.09. The summed E-state index contributed by atoms with van der Waals surface area (Å²) in [5.41, 5.74) is 5.15. The van der Waals surface area contributed by atoms with Gasteiger partial charge in [-0.15, -0.1) is 0 Å². The molecule has 3 aromatic rings. The molecule has 182 valence electrons. The summed E-state index contributed by atoms with van der Waals surface area (Å²) in [5, 5.41) is 21.0. The van der Waals surface area contributed by atoms with Crippen LogP contribution in [-0.2, 0) is 15.9 Å². The van der Waals surface area contributed by atoms with Crippen molar-refractivity contribution < 1.29 is 19.4 Å². The van der Waals surface area contributed by atoms with Crippen molar-refractivity contribution in [1.29, 1.82) is 5.26 Å². The Hall–Kier alpha value is -3.66. The predicted octanol–water partition coefficient (Wildman–Crippen LogP) is 4.64. The van der Waals surface area contributed by atoms with Crippen LogP contribution in [0, 0.1) is 11.3 Å². The number of nitriles is 1. The van der Waals surface area contributed by atoms with Gasteiger partial charge in [-0.2, -0.15) is 5.26 Å². The fourth-order valence-corrected chi connectivity index (χ4v) is 6.32. The lowest BCUT2D eigenvalue weighted by molar-refractivity contribution is -0.132. The largest absolute Gasteiger partial charge is 0.448 e. The molecule has 3 aromatic carbocycles. The maximum Gasteiger partial charge on any atom is 0.410 e. The highest BCUT2D eigenvalue weighted by molar-refractivity contribution is 5.79. The summed E-state index contributed by atoms with van der Waals surface area (Å²) < 4.78 is 11.7. The van der Waals surface area contributed by atoms with Crippen molar-refractivity contribution >= 4 is 6.09 Å². The predicted molar refractivity (Wildman–Crippen MR) is 134 cm³/mol. The molecule has 2 unspecified atom stereocenters. The topological polar surface area (TPSA) is 82.8 Å². The first-order valence-electron chi connectivity index (χ1n) is 12.5. The quantitative estimate of drug-likeness (QED) is 0.588. The Morgan fingerprint density at radius 3 is 2.19 bits per heavy atom. The second-order valence-corrected chi connectivity index (χ2v) is 10.1. The Balaban J connectivity index is 1.18. The van der Waals surface area contributed by atoms with E-state index in [0.717, 1.165) is 5.56 Å². The summed E-state index contributed by atoms with van der Waals surface area (Å²) in [6.07, 6.45) is 0.790. The molecule has 2 bridgehead atoms. The minimum absolute atomic E-state index is 0.00152. The minimum atomic E-state index is -1.01. The highest BCUT2D eigenvalue weighted by Gasteiger charge is 2.49. The van der Waals surface area contributed by atoms with E-state index in [1.165, 1.54) is 22.3 Å². The van der Waals surface area contributed by atoms with E-state index in [9.17, 15) is 15.2 Å². The van der Waals surface area contributed by atoms with Crippen molar-refractivity contribution in [2.45, 2.75) is 42.9 Å². The van der Waals surface area contributed by atoms with Gasteiger partial charge in [0.1, 0.15) is 6.61 Å². The molecule has 3 aliphatic rings. The first-order valence-corrected chi connectivity index (χ1v) is 12.5. The standard InChI is InChI=1S/C30H28N2O4/c31-16-21-8-2-1-7-20(21)13-30(34)14-22-17-35-18-23(15-30)32(22)29(33)36-19-28-26-11-5-3-9-24(26)25-10-4-6-12-27(25)28/h1-12,22-23,28,34H,13-15,17-19H2. The van der Waals surface area contributed by atoms with Gasteiger partial charge in [0.05, 0.1) is 42.5 Å². The Kier molecular flexibility index (Phi) is 5.75. The lowest BCUT2D eigenvalue weighted by Gasteiger charge is -2.51. The van der Waals surface area contributed by atoms with E-state index in [4.69, 9.17) is 9.47 Å². The van der Waals surface area contributed by atoms with Crippen LogP contribution in [0.1, 0.15) is 41.0 Å². The molecule has 2 saturated heterocycles. The van der Waals surface area contributed by atoms with Crippen LogP contribution in [-0.4, -0.2) is 53.6 Å². The molecule has 2 fully saturated rings. The van der Waals surface area contributed by atoms with E-state index < -0.39 is 5.60 Å². The van der Waals surface area contributed by atoms with E-state index in [1.54, 1.807) is 11.0 Å². The monoisotopic (exact) mass is 480 g/mol. The molecule has 0 aromatic heterocycles. The number of piperidine rings is 1. The number of amides is 1. The Labute approximate surface area is 210 Å². The van der Waals surface area contributed by atoms with E-state index in [-0.39, 0.29) is 30.7 Å². The molecular formula is C30H28N2O4. The van der Waals surface area contributed by atoms with E-state index in [1.807, 2.05) is 42.5 Å². The number of carbonyl (C=O) groups excluding carboxylic acids is 1. The zero-order valence-electron chi connectivity index (χ0n) is 20.0. The van der Waals surface area contributed by atoms with Gasteiger partial charge < -0.3 is 14.6 Å². The molecule has 36 heavy (non-hydrogen) atoms. The number of carbonyl (C=O) groups is 1. The van der Waals surface area contributed by atoms with Crippen molar-refractivity contribution in [2.75, 3.05) is 19.8 Å². The molecule has 1 aliphatic carbocycles. The van der Waals surface area contributed by atoms with Crippen molar-refractivity contribution in [2.24, 2.45) is 0 Å². The van der Waals surface area contributed by atoms with Gasteiger partial charge in [-0.3, -0.25) is 4.90 Å². The zero-order valence-corrected chi connectivity index (χ0v) is 20.0.